The zero-order chi connectivity index (χ0) is 12.0. The summed E-state index contributed by atoms with van der Waals surface area (Å²) in [5.74, 6) is 5.12. The molecule has 16 heavy (non-hydrogen) atoms. The van der Waals surface area contributed by atoms with Crippen molar-refractivity contribution in [3.05, 3.63) is 16.2 Å². The Morgan fingerprint density at radius 3 is 3.12 bits per heavy atom. The summed E-state index contributed by atoms with van der Waals surface area (Å²) in [6.45, 7) is 2.79. The van der Waals surface area contributed by atoms with Crippen molar-refractivity contribution in [3.8, 4) is 12.3 Å². The van der Waals surface area contributed by atoms with Gasteiger partial charge in [0.2, 0.25) is 0 Å². The molecule has 0 saturated heterocycles. The molecule has 0 aliphatic heterocycles. The Morgan fingerprint density at radius 2 is 2.44 bits per heavy atom. The van der Waals surface area contributed by atoms with Crippen LogP contribution in [0.4, 0.5) is 11.5 Å². The third-order valence-electron chi connectivity index (χ3n) is 2.03. The first-order valence-electron chi connectivity index (χ1n) is 4.82. The molecule has 0 aliphatic rings. The molecule has 1 aromatic heterocycles. The molecule has 5 heteroatoms. The maximum Gasteiger partial charge on any atom is 0.140 e. The Hall–Kier alpha value is -0.860. The second kappa shape index (κ2) is 6.66. The maximum atomic E-state index is 5.74. The molecular formula is C11H14BrN3S. The highest BCUT2D eigenvalue weighted by Gasteiger charge is 2.06. The normalized spacial score (nSPS) is 9.81. The number of rotatable bonds is 5. The van der Waals surface area contributed by atoms with Crippen LogP contribution in [-0.4, -0.2) is 23.0 Å². The lowest BCUT2D eigenvalue weighted by Gasteiger charge is -2.10. The van der Waals surface area contributed by atoms with E-state index in [-0.39, 0.29) is 0 Å². The molecule has 0 spiro atoms. The number of anilines is 2. The number of nitrogens with two attached hydrogens (primary N) is 1. The molecule has 0 amide bonds. The van der Waals surface area contributed by atoms with Crippen LogP contribution in [0.3, 0.4) is 0 Å². The van der Waals surface area contributed by atoms with Crippen LogP contribution in [0.15, 0.2) is 10.7 Å². The van der Waals surface area contributed by atoms with Crippen LogP contribution in [0.2, 0.25) is 0 Å². The minimum Gasteiger partial charge on any atom is -0.397 e. The minimum atomic E-state index is 0.694. The van der Waals surface area contributed by atoms with Crippen molar-refractivity contribution in [2.75, 3.05) is 29.1 Å². The summed E-state index contributed by atoms with van der Waals surface area (Å²) in [7, 11) is 0. The lowest BCUT2D eigenvalue weighted by Crippen LogP contribution is -2.07. The molecule has 1 heterocycles. The van der Waals surface area contributed by atoms with E-state index in [0.717, 1.165) is 33.9 Å². The van der Waals surface area contributed by atoms with Gasteiger partial charge in [-0.2, -0.15) is 0 Å². The van der Waals surface area contributed by atoms with Crippen molar-refractivity contribution in [3.63, 3.8) is 0 Å². The Balaban J connectivity index is 2.49. The van der Waals surface area contributed by atoms with E-state index in [0.29, 0.717) is 5.69 Å². The van der Waals surface area contributed by atoms with Gasteiger partial charge in [0.15, 0.2) is 0 Å². The molecule has 0 saturated carbocycles. The van der Waals surface area contributed by atoms with E-state index >= 15 is 0 Å². The van der Waals surface area contributed by atoms with E-state index in [1.54, 1.807) is 18.0 Å². The van der Waals surface area contributed by atoms with Gasteiger partial charge in [0.1, 0.15) is 5.82 Å². The number of pyridine rings is 1. The van der Waals surface area contributed by atoms with Crippen LogP contribution in [0.5, 0.6) is 0 Å². The van der Waals surface area contributed by atoms with Gasteiger partial charge >= 0.3 is 0 Å². The summed E-state index contributed by atoms with van der Waals surface area (Å²) in [5.41, 5.74) is 7.44. The van der Waals surface area contributed by atoms with Gasteiger partial charge in [0.25, 0.3) is 0 Å². The molecule has 0 aromatic carbocycles. The highest BCUT2D eigenvalue weighted by molar-refractivity contribution is 9.10. The number of thioether (sulfide) groups is 1. The van der Waals surface area contributed by atoms with E-state index in [9.17, 15) is 0 Å². The van der Waals surface area contributed by atoms with Gasteiger partial charge in [0.05, 0.1) is 22.1 Å². The van der Waals surface area contributed by atoms with Crippen LogP contribution in [-0.2, 0) is 0 Å². The largest absolute Gasteiger partial charge is 0.397 e. The number of hydrogen-bond donors (Lipinski definition) is 2. The fraction of sp³-hybridized carbons (Fsp3) is 0.364. The van der Waals surface area contributed by atoms with Crippen LogP contribution in [0, 0.1) is 19.3 Å². The molecular weight excluding hydrogens is 286 g/mol. The lowest BCUT2D eigenvalue weighted by molar-refractivity contribution is 1.15. The van der Waals surface area contributed by atoms with Crippen molar-refractivity contribution in [2.45, 2.75) is 6.92 Å². The van der Waals surface area contributed by atoms with Gasteiger partial charge < -0.3 is 11.1 Å². The van der Waals surface area contributed by atoms with Gasteiger partial charge in [0, 0.05) is 12.3 Å². The summed E-state index contributed by atoms with van der Waals surface area (Å²) in [6.07, 6.45) is 6.82. The average molecular weight is 300 g/mol. The molecule has 3 N–H and O–H groups in total. The number of nitrogen functional groups attached to an aromatic ring is 1. The number of hydrogen-bond acceptors (Lipinski definition) is 4. The molecule has 1 aromatic rings. The lowest BCUT2D eigenvalue weighted by atomic mass is 10.2. The highest BCUT2D eigenvalue weighted by atomic mass is 79.9. The van der Waals surface area contributed by atoms with E-state index < -0.39 is 0 Å². The van der Waals surface area contributed by atoms with E-state index in [1.165, 1.54) is 0 Å². The third-order valence-corrected chi connectivity index (χ3v) is 3.86. The SMILES string of the molecule is C#CCSCCNc1ncc(N)c(C)c1Br. The van der Waals surface area contributed by atoms with Gasteiger partial charge in [-0.3, -0.25) is 0 Å². The maximum absolute atomic E-state index is 5.74. The van der Waals surface area contributed by atoms with E-state index in [1.807, 2.05) is 6.92 Å². The number of terminal acetylenes is 1. The van der Waals surface area contributed by atoms with Crippen LogP contribution >= 0.6 is 27.7 Å². The van der Waals surface area contributed by atoms with Crippen molar-refractivity contribution < 1.29 is 0 Å². The Kier molecular flexibility index (Phi) is 5.50. The molecule has 0 fully saturated rings. The van der Waals surface area contributed by atoms with E-state index in [2.05, 4.69) is 32.2 Å². The quantitative estimate of drug-likeness (QED) is 0.648. The predicted molar refractivity (Wildman–Crippen MR) is 75.7 cm³/mol. The molecule has 0 radical (unpaired) electrons. The van der Waals surface area contributed by atoms with Gasteiger partial charge in [-0.1, -0.05) is 5.92 Å². The van der Waals surface area contributed by atoms with Crippen molar-refractivity contribution in [1.29, 1.82) is 0 Å². The average Bonchev–Trinajstić information content (AvgIpc) is 2.28. The standard InChI is InChI=1S/C11H14BrN3S/c1-3-5-16-6-4-14-11-10(12)8(2)9(13)7-15-11/h1,7H,4-6,13H2,2H3,(H,14,15). The van der Waals surface area contributed by atoms with Crippen molar-refractivity contribution in [2.24, 2.45) is 0 Å². The molecule has 3 nitrogen and oxygen atoms in total. The predicted octanol–water partition coefficient (Wildman–Crippen LogP) is 2.51. The minimum absolute atomic E-state index is 0.694. The fourth-order valence-corrected chi connectivity index (χ4v) is 2.07. The molecule has 1 rings (SSSR count). The van der Waals surface area contributed by atoms with Crippen molar-refractivity contribution in [1.82, 2.24) is 4.98 Å². The highest BCUT2D eigenvalue weighted by Crippen LogP contribution is 2.27. The number of aromatic nitrogens is 1. The van der Waals surface area contributed by atoms with Crippen LogP contribution in [0.1, 0.15) is 5.56 Å². The van der Waals surface area contributed by atoms with Gasteiger partial charge in [-0.15, -0.1) is 18.2 Å². The summed E-state index contributed by atoms with van der Waals surface area (Å²) >= 11 is 5.19. The first kappa shape index (κ1) is 13.2. The van der Waals surface area contributed by atoms with E-state index in [4.69, 9.17) is 12.2 Å². The summed E-state index contributed by atoms with van der Waals surface area (Å²) in [5, 5.41) is 3.24. The number of nitrogens with zero attached hydrogens (tertiary/aromatic N) is 1. The Morgan fingerprint density at radius 1 is 1.69 bits per heavy atom. The Labute approximate surface area is 109 Å². The summed E-state index contributed by atoms with van der Waals surface area (Å²) in [4.78, 5) is 4.22. The van der Waals surface area contributed by atoms with Gasteiger partial charge in [-0.25, -0.2) is 4.98 Å². The zero-order valence-electron chi connectivity index (χ0n) is 9.09. The van der Waals surface area contributed by atoms with Crippen molar-refractivity contribution >= 4 is 39.2 Å². The van der Waals surface area contributed by atoms with Crippen LogP contribution in [0.25, 0.3) is 0 Å². The first-order chi connectivity index (χ1) is 7.66. The topological polar surface area (TPSA) is 50.9 Å². The van der Waals surface area contributed by atoms with Crippen LogP contribution < -0.4 is 11.1 Å². The summed E-state index contributed by atoms with van der Waals surface area (Å²) in [6, 6.07) is 0. The molecule has 0 atom stereocenters. The second-order valence-electron chi connectivity index (χ2n) is 3.18. The zero-order valence-corrected chi connectivity index (χ0v) is 11.5. The Bertz CT molecular complexity index is 401. The molecule has 0 unspecified atom stereocenters. The second-order valence-corrected chi connectivity index (χ2v) is 5.08. The number of nitrogens with one attached hydrogen (secondary N) is 1. The first-order valence-corrected chi connectivity index (χ1v) is 6.77. The van der Waals surface area contributed by atoms with Gasteiger partial charge in [-0.05, 0) is 28.4 Å². The summed E-state index contributed by atoms with van der Waals surface area (Å²) < 4.78 is 0.925. The number of halogens is 1. The third kappa shape index (κ3) is 3.62. The molecule has 0 aliphatic carbocycles. The molecule has 86 valence electrons. The monoisotopic (exact) mass is 299 g/mol. The smallest absolute Gasteiger partial charge is 0.140 e. The fourth-order valence-electron chi connectivity index (χ4n) is 1.09. The molecule has 0 bridgehead atoms.